The van der Waals surface area contributed by atoms with Gasteiger partial charge in [-0.2, -0.15) is 0 Å². The number of amides is 1. The molecule has 0 fully saturated rings. The summed E-state index contributed by atoms with van der Waals surface area (Å²) in [7, 11) is 1.64. The molecule has 0 saturated carbocycles. The maximum absolute atomic E-state index is 13.0. The van der Waals surface area contributed by atoms with Gasteiger partial charge in [-0.3, -0.25) is 4.79 Å². The fraction of sp³-hybridized carbons (Fsp3) is 0.462. The number of carbonyl (C=O) groups excluding carboxylic acids is 1. The van der Waals surface area contributed by atoms with Gasteiger partial charge in [0.05, 0.1) is 5.54 Å². The van der Waals surface area contributed by atoms with E-state index in [2.05, 4.69) is 0 Å². The Kier molecular flexibility index (Phi) is 4.40. The van der Waals surface area contributed by atoms with Gasteiger partial charge in [0.15, 0.2) is 11.6 Å². The van der Waals surface area contributed by atoms with Crippen LogP contribution in [0.15, 0.2) is 18.2 Å². The average molecular weight is 256 g/mol. The minimum absolute atomic E-state index is 0.190. The number of hydrogen-bond acceptors (Lipinski definition) is 2. The first-order valence-electron chi connectivity index (χ1n) is 5.70. The quantitative estimate of drug-likeness (QED) is 0.891. The molecule has 0 atom stereocenters. The normalized spacial score (nSPS) is 11.4. The van der Waals surface area contributed by atoms with Gasteiger partial charge >= 0.3 is 0 Å². The molecular weight excluding hydrogens is 238 g/mol. The Balaban J connectivity index is 2.60. The van der Waals surface area contributed by atoms with Crippen LogP contribution in [0.3, 0.4) is 0 Å². The van der Waals surface area contributed by atoms with Crippen LogP contribution < -0.4 is 5.73 Å². The molecule has 0 radical (unpaired) electrons. The number of likely N-dealkylation sites (N-methyl/N-ethyl adjacent to an activating group) is 1. The fourth-order valence-electron chi connectivity index (χ4n) is 1.59. The van der Waals surface area contributed by atoms with E-state index in [9.17, 15) is 13.6 Å². The van der Waals surface area contributed by atoms with Crippen LogP contribution in [-0.2, 0) is 11.2 Å². The summed E-state index contributed by atoms with van der Waals surface area (Å²) in [5, 5.41) is 0. The second-order valence-corrected chi connectivity index (χ2v) is 4.95. The Labute approximate surface area is 106 Å². The van der Waals surface area contributed by atoms with Crippen molar-refractivity contribution in [1.29, 1.82) is 0 Å². The lowest BCUT2D eigenvalue weighted by molar-refractivity contribution is -0.134. The molecule has 18 heavy (non-hydrogen) atoms. The van der Waals surface area contributed by atoms with Crippen molar-refractivity contribution in [3.63, 3.8) is 0 Å². The molecule has 0 unspecified atom stereocenters. The highest BCUT2D eigenvalue weighted by atomic mass is 19.2. The van der Waals surface area contributed by atoms with E-state index in [1.807, 2.05) is 0 Å². The van der Waals surface area contributed by atoms with Gasteiger partial charge in [-0.25, -0.2) is 8.78 Å². The molecule has 0 aliphatic carbocycles. The lowest BCUT2D eigenvalue weighted by atomic mass is 10.1. The fourth-order valence-corrected chi connectivity index (χ4v) is 1.59. The van der Waals surface area contributed by atoms with E-state index in [1.165, 1.54) is 11.0 Å². The Hall–Kier alpha value is -1.49. The van der Waals surface area contributed by atoms with Crippen molar-refractivity contribution in [2.45, 2.75) is 25.8 Å². The molecule has 1 aromatic rings. The van der Waals surface area contributed by atoms with Gasteiger partial charge in [0.25, 0.3) is 0 Å². The SMILES string of the molecule is CN(CCc1ccc(F)c(F)c1)C(=O)C(C)(C)N. The van der Waals surface area contributed by atoms with E-state index < -0.39 is 17.2 Å². The highest BCUT2D eigenvalue weighted by Crippen LogP contribution is 2.10. The Morgan fingerprint density at radius 1 is 1.33 bits per heavy atom. The Morgan fingerprint density at radius 3 is 2.44 bits per heavy atom. The van der Waals surface area contributed by atoms with Gasteiger partial charge in [0, 0.05) is 13.6 Å². The molecule has 0 saturated heterocycles. The van der Waals surface area contributed by atoms with Gasteiger partial charge in [0.2, 0.25) is 5.91 Å². The van der Waals surface area contributed by atoms with Gasteiger partial charge in [-0.1, -0.05) is 6.07 Å². The van der Waals surface area contributed by atoms with Crippen molar-refractivity contribution >= 4 is 5.91 Å². The van der Waals surface area contributed by atoms with Crippen LogP contribution in [0.2, 0.25) is 0 Å². The molecule has 100 valence electrons. The zero-order chi connectivity index (χ0) is 13.9. The molecule has 1 amide bonds. The zero-order valence-electron chi connectivity index (χ0n) is 10.8. The van der Waals surface area contributed by atoms with E-state index in [-0.39, 0.29) is 5.91 Å². The smallest absolute Gasteiger partial charge is 0.241 e. The molecule has 2 N–H and O–H groups in total. The molecule has 0 heterocycles. The van der Waals surface area contributed by atoms with Crippen molar-refractivity contribution < 1.29 is 13.6 Å². The van der Waals surface area contributed by atoms with Gasteiger partial charge in [0.1, 0.15) is 0 Å². The third-order valence-electron chi connectivity index (χ3n) is 2.62. The van der Waals surface area contributed by atoms with Crippen LogP contribution in [0.1, 0.15) is 19.4 Å². The first kappa shape index (κ1) is 14.6. The van der Waals surface area contributed by atoms with Crippen molar-refractivity contribution in [2.75, 3.05) is 13.6 Å². The van der Waals surface area contributed by atoms with Crippen LogP contribution >= 0.6 is 0 Å². The highest BCUT2D eigenvalue weighted by Gasteiger charge is 2.25. The van der Waals surface area contributed by atoms with Crippen LogP contribution in [0, 0.1) is 11.6 Å². The van der Waals surface area contributed by atoms with Crippen molar-refractivity contribution in [1.82, 2.24) is 4.90 Å². The maximum Gasteiger partial charge on any atom is 0.241 e. The third-order valence-corrected chi connectivity index (χ3v) is 2.62. The number of rotatable bonds is 4. The van der Waals surface area contributed by atoms with E-state index >= 15 is 0 Å². The summed E-state index contributed by atoms with van der Waals surface area (Å²) in [6, 6.07) is 3.73. The largest absolute Gasteiger partial charge is 0.344 e. The third kappa shape index (κ3) is 3.77. The van der Waals surface area contributed by atoms with E-state index in [0.717, 1.165) is 12.1 Å². The van der Waals surface area contributed by atoms with Gasteiger partial charge < -0.3 is 10.6 Å². The monoisotopic (exact) mass is 256 g/mol. The predicted molar refractivity (Wildman–Crippen MR) is 66.0 cm³/mol. The van der Waals surface area contributed by atoms with Crippen LogP contribution in [0.4, 0.5) is 8.78 Å². The molecule has 0 aromatic heterocycles. The summed E-state index contributed by atoms with van der Waals surface area (Å²) < 4.78 is 25.7. The number of nitrogens with two attached hydrogens (primary N) is 1. The summed E-state index contributed by atoms with van der Waals surface area (Å²) in [5.41, 5.74) is 5.41. The van der Waals surface area contributed by atoms with Crippen LogP contribution in [0.25, 0.3) is 0 Å². The molecule has 1 rings (SSSR count). The summed E-state index contributed by atoms with van der Waals surface area (Å²) in [5.74, 6) is -1.93. The van der Waals surface area contributed by atoms with Crippen molar-refractivity contribution in [3.05, 3.63) is 35.4 Å². The van der Waals surface area contributed by atoms with Crippen molar-refractivity contribution in [3.8, 4) is 0 Å². The number of carbonyl (C=O) groups is 1. The summed E-state index contributed by atoms with van der Waals surface area (Å²) >= 11 is 0. The molecule has 0 spiro atoms. The Bertz CT molecular complexity index is 441. The second kappa shape index (κ2) is 5.44. The number of benzene rings is 1. The number of nitrogens with zero attached hydrogens (tertiary/aromatic N) is 1. The van der Waals surface area contributed by atoms with Gasteiger partial charge in [-0.05, 0) is 38.0 Å². The minimum Gasteiger partial charge on any atom is -0.344 e. The topological polar surface area (TPSA) is 46.3 Å². The highest BCUT2D eigenvalue weighted by molar-refractivity contribution is 5.84. The zero-order valence-corrected chi connectivity index (χ0v) is 10.8. The average Bonchev–Trinajstić information content (AvgIpc) is 2.28. The second-order valence-electron chi connectivity index (χ2n) is 4.95. The minimum atomic E-state index is -0.928. The van der Waals surface area contributed by atoms with Crippen molar-refractivity contribution in [2.24, 2.45) is 5.73 Å². The maximum atomic E-state index is 13.0. The lowest BCUT2D eigenvalue weighted by Gasteiger charge is -2.25. The van der Waals surface area contributed by atoms with Gasteiger partial charge in [-0.15, -0.1) is 0 Å². The molecule has 0 aliphatic rings. The number of hydrogen-bond donors (Lipinski definition) is 1. The molecule has 0 aliphatic heterocycles. The molecular formula is C13H18F2N2O. The Morgan fingerprint density at radius 2 is 1.94 bits per heavy atom. The van der Waals surface area contributed by atoms with E-state index in [1.54, 1.807) is 20.9 Å². The standard InChI is InChI=1S/C13H18F2N2O/c1-13(2,16)12(18)17(3)7-6-9-4-5-10(14)11(15)8-9/h4-5,8H,6-7,16H2,1-3H3. The van der Waals surface area contributed by atoms with E-state index in [0.29, 0.717) is 18.5 Å². The molecule has 5 heteroatoms. The molecule has 1 aromatic carbocycles. The predicted octanol–water partition coefficient (Wildman–Crippen LogP) is 1.70. The summed E-state index contributed by atoms with van der Waals surface area (Å²) in [6.07, 6.45) is 0.454. The lowest BCUT2D eigenvalue weighted by Crippen LogP contribution is -2.50. The first-order chi connectivity index (χ1) is 8.21. The first-order valence-corrected chi connectivity index (χ1v) is 5.70. The van der Waals surface area contributed by atoms with Crippen LogP contribution in [0.5, 0.6) is 0 Å². The summed E-state index contributed by atoms with van der Waals surface area (Å²) in [4.78, 5) is 13.3. The molecule has 0 bridgehead atoms. The summed E-state index contributed by atoms with van der Waals surface area (Å²) in [6.45, 7) is 3.66. The molecule has 3 nitrogen and oxygen atoms in total. The number of halogens is 2. The van der Waals surface area contributed by atoms with E-state index in [4.69, 9.17) is 5.73 Å². The van der Waals surface area contributed by atoms with Crippen LogP contribution in [-0.4, -0.2) is 29.9 Å².